The first-order chi connectivity index (χ1) is 10.1. The molecule has 1 heterocycles. The largest absolute Gasteiger partial charge is 0.457 e. The van der Waals surface area contributed by atoms with E-state index in [2.05, 4.69) is 40.1 Å². The lowest BCUT2D eigenvalue weighted by atomic mass is 10.0. The molecule has 0 aromatic heterocycles. The highest BCUT2D eigenvalue weighted by molar-refractivity contribution is 9.18. The van der Waals surface area contributed by atoms with Crippen molar-refractivity contribution in [1.82, 2.24) is 0 Å². The minimum absolute atomic E-state index is 0.0413. The summed E-state index contributed by atoms with van der Waals surface area (Å²) >= 11 is 3.36. The van der Waals surface area contributed by atoms with Crippen LogP contribution in [0.1, 0.15) is 29.2 Å². The quantitative estimate of drug-likeness (QED) is 0.758. The monoisotopic (exact) mass is 345 g/mol. The molecule has 0 saturated carbocycles. The Bertz CT molecular complexity index is 680. The molecule has 0 spiro atoms. The molecule has 0 saturated heterocycles. The van der Waals surface area contributed by atoms with E-state index < -0.39 is 0 Å². The van der Waals surface area contributed by atoms with Crippen molar-refractivity contribution in [3.63, 3.8) is 0 Å². The molecule has 0 N–H and O–H groups in total. The van der Waals surface area contributed by atoms with Gasteiger partial charge in [0.2, 0.25) is 0 Å². The average Bonchev–Trinajstić information content (AvgIpc) is 2.90. The van der Waals surface area contributed by atoms with Gasteiger partial charge in [0.05, 0.1) is 0 Å². The van der Waals surface area contributed by atoms with Crippen molar-refractivity contribution in [3.05, 3.63) is 59.2 Å². The van der Waals surface area contributed by atoms with Gasteiger partial charge in [-0.15, -0.1) is 0 Å². The molecule has 3 nitrogen and oxygen atoms in total. The van der Waals surface area contributed by atoms with Gasteiger partial charge >= 0.3 is 0 Å². The van der Waals surface area contributed by atoms with Gasteiger partial charge in [0, 0.05) is 6.42 Å². The number of halogens is 1. The first kappa shape index (κ1) is 14.1. The summed E-state index contributed by atoms with van der Waals surface area (Å²) in [5.41, 5.74) is 3.38. The molecule has 0 bridgehead atoms. The number of oxime groups is 1. The molecule has 108 valence electrons. The Morgan fingerprint density at radius 1 is 1.14 bits per heavy atom. The van der Waals surface area contributed by atoms with Gasteiger partial charge in [-0.25, -0.2) is 0 Å². The Balaban J connectivity index is 1.83. The molecule has 0 amide bonds. The molecule has 1 aliphatic heterocycles. The van der Waals surface area contributed by atoms with E-state index in [1.165, 1.54) is 5.56 Å². The second-order valence-electron chi connectivity index (χ2n) is 5.21. The zero-order valence-electron chi connectivity index (χ0n) is 12.0. The van der Waals surface area contributed by atoms with Gasteiger partial charge in [0.15, 0.2) is 6.10 Å². The Morgan fingerprint density at radius 3 is 2.57 bits per heavy atom. The molecule has 1 atom stereocenters. The Kier molecular flexibility index (Phi) is 3.97. The smallest absolute Gasteiger partial charge is 0.158 e. The molecular formula is C17H16BrNO2. The van der Waals surface area contributed by atoms with Gasteiger partial charge in [0.25, 0.3) is 0 Å². The van der Waals surface area contributed by atoms with Crippen molar-refractivity contribution in [2.24, 2.45) is 5.16 Å². The second-order valence-corrected chi connectivity index (χ2v) is 6.12. The van der Waals surface area contributed by atoms with Crippen LogP contribution >= 0.6 is 15.9 Å². The van der Waals surface area contributed by atoms with Gasteiger partial charge in [-0.1, -0.05) is 35.0 Å². The Morgan fingerprint density at radius 2 is 1.90 bits per heavy atom. The van der Waals surface area contributed by atoms with E-state index in [0.29, 0.717) is 0 Å². The fourth-order valence-corrected chi connectivity index (χ4v) is 2.56. The van der Waals surface area contributed by atoms with Crippen LogP contribution in [0.5, 0.6) is 11.5 Å². The van der Waals surface area contributed by atoms with Crippen LogP contribution in [0.3, 0.4) is 0 Å². The molecule has 2 aromatic carbocycles. The standard InChI is InChI=1S/C17H16BrNO2/c1-11-3-7-14(8-4-11)20-15-9-13(6-5-12(15)2)16-10-17(18)19-21-16/h3-9,16H,10H2,1-2H3. The third kappa shape index (κ3) is 3.27. The number of nitrogens with zero attached hydrogens (tertiary/aromatic N) is 1. The maximum Gasteiger partial charge on any atom is 0.158 e. The van der Waals surface area contributed by atoms with Gasteiger partial charge in [-0.05, 0) is 59.1 Å². The van der Waals surface area contributed by atoms with Crippen LogP contribution < -0.4 is 4.74 Å². The molecule has 1 unspecified atom stereocenters. The first-order valence-electron chi connectivity index (χ1n) is 6.85. The van der Waals surface area contributed by atoms with Gasteiger partial charge in [0.1, 0.15) is 16.1 Å². The highest BCUT2D eigenvalue weighted by Gasteiger charge is 2.22. The van der Waals surface area contributed by atoms with Crippen LogP contribution in [0.15, 0.2) is 47.6 Å². The maximum atomic E-state index is 5.99. The number of benzene rings is 2. The van der Waals surface area contributed by atoms with Crippen LogP contribution in [0.25, 0.3) is 0 Å². The van der Waals surface area contributed by atoms with E-state index in [4.69, 9.17) is 9.57 Å². The molecule has 0 aliphatic carbocycles. The number of hydrogen-bond donors (Lipinski definition) is 0. The Labute approximate surface area is 132 Å². The third-order valence-electron chi connectivity index (χ3n) is 3.47. The van der Waals surface area contributed by atoms with Crippen molar-refractivity contribution in [2.45, 2.75) is 26.4 Å². The summed E-state index contributed by atoms with van der Waals surface area (Å²) in [6.45, 7) is 4.10. The SMILES string of the molecule is Cc1ccc(Oc2cc(C3CC(Br)=NO3)ccc2C)cc1. The lowest BCUT2D eigenvalue weighted by Gasteiger charge is -2.13. The van der Waals surface area contributed by atoms with Crippen molar-refractivity contribution < 1.29 is 9.57 Å². The summed E-state index contributed by atoms with van der Waals surface area (Å²) in [7, 11) is 0. The van der Waals surface area contributed by atoms with Gasteiger partial charge in [-0.3, -0.25) is 0 Å². The number of aryl methyl sites for hydroxylation is 2. The first-order valence-corrected chi connectivity index (χ1v) is 7.64. The summed E-state index contributed by atoms with van der Waals surface area (Å²) in [5, 5.41) is 3.93. The highest BCUT2D eigenvalue weighted by Crippen LogP contribution is 2.33. The van der Waals surface area contributed by atoms with Gasteiger partial charge in [-0.2, -0.15) is 0 Å². The molecular weight excluding hydrogens is 330 g/mol. The summed E-state index contributed by atoms with van der Waals surface area (Å²) in [5.74, 6) is 1.69. The topological polar surface area (TPSA) is 30.8 Å². The fraction of sp³-hybridized carbons (Fsp3) is 0.235. The van der Waals surface area contributed by atoms with E-state index in [1.54, 1.807) is 0 Å². The predicted molar refractivity (Wildman–Crippen MR) is 87.2 cm³/mol. The number of ether oxygens (including phenoxy) is 1. The van der Waals surface area contributed by atoms with Crippen LogP contribution in [-0.4, -0.2) is 4.62 Å². The lowest BCUT2D eigenvalue weighted by Crippen LogP contribution is -1.98. The minimum atomic E-state index is -0.0413. The average molecular weight is 346 g/mol. The van der Waals surface area contributed by atoms with Crippen LogP contribution in [0.4, 0.5) is 0 Å². The van der Waals surface area contributed by atoms with E-state index in [-0.39, 0.29) is 6.10 Å². The summed E-state index contributed by atoms with van der Waals surface area (Å²) < 4.78 is 6.83. The molecule has 0 fully saturated rings. The van der Waals surface area contributed by atoms with E-state index in [0.717, 1.165) is 33.7 Å². The summed E-state index contributed by atoms with van der Waals surface area (Å²) in [6, 6.07) is 14.2. The summed E-state index contributed by atoms with van der Waals surface area (Å²) in [6.07, 6.45) is 0.716. The van der Waals surface area contributed by atoms with Crippen molar-refractivity contribution in [1.29, 1.82) is 0 Å². The second kappa shape index (κ2) is 5.90. The van der Waals surface area contributed by atoms with Crippen LogP contribution in [0.2, 0.25) is 0 Å². The molecule has 21 heavy (non-hydrogen) atoms. The van der Waals surface area contributed by atoms with Crippen LogP contribution in [0, 0.1) is 13.8 Å². The zero-order chi connectivity index (χ0) is 14.8. The molecule has 0 radical (unpaired) electrons. The zero-order valence-corrected chi connectivity index (χ0v) is 13.6. The summed E-state index contributed by atoms with van der Waals surface area (Å²) in [4.78, 5) is 5.40. The predicted octanol–water partition coefficient (Wildman–Crippen LogP) is 5.27. The van der Waals surface area contributed by atoms with Crippen molar-refractivity contribution >= 4 is 20.6 Å². The van der Waals surface area contributed by atoms with E-state index in [1.807, 2.05) is 37.3 Å². The minimum Gasteiger partial charge on any atom is -0.457 e. The lowest BCUT2D eigenvalue weighted by molar-refractivity contribution is 0.0856. The highest BCUT2D eigenvalue weighted by atomic mass is 79.9. The van der Waals surface area contributed by atoms with Crippen molar-refractivity contribution in [3.8, 4) is 11.5 Å². The number of hydrogen-bond acceptors (Lipinski definition) is 3. The van der Waals surface area contributed by atoms with E-state index >= 15 is 0 Å². The van der Waals surface area contributed by atoms with Crippen molar-refractivity contribution in [2.75, 3.05) is 0 Å². The van der Waals surface area contributed by atoms with Crippen LogP contribution in [-0.2, 0) is 4.84 Å². The molecule has 3 rings (SSSR count). The fourth-order valence-electron chi connectivity index (χ4n) is 2.19. The molecule has 1 aliphatic rings. The normalized spacial score (nSPS) is 17.3. The van der Waals surface area contributed by atoms with Gasteiger partial charge < -0.3 is 9.57 Å². The Hall–Kier alpha value is -1.81. The molecule has 2 aromatic rings. The molecule has 4 heteroatoms. The maximum absolute atomic E-state index is 5.99. The number of rotatable bonds is 3. The van der Waals surface area contributed by atoms with E-state index in [9.17, 15) is 0 Å². The third-order valence-corrected chi connectivity index (χ3v) is 3.93.